The van der Waals surface area contributed by atoms with E-state index in [0.29, 0.717) is 12.4 Å². The summed E-state index contributed by atoms with van der Waals surface area (Å²) in [5.41, 5.74) is 6.53. The second-order valence-corrected chi connectivity index (χ2v) is 4.38. The topological polar surface area (TPSA) is 78.4 Å². The van der Waals surface area contributed by atoms with Gasteiger partial charge < -0.3 is 10.5 Å². The van der Waals surface area contributed by atoms with Crippen LogP contribution in [0.5, 0.6) is 5.75 Å². The molecule has 0 atom stereocenters. The molecule has 1 aromatic rings. The van der Waals surface area contributed by atoms with Gasteiger partial charge in [0.05, 0.1) is 10.5 Å². The molecule has 0 unspecified atom stereocenters. The molecule has 1 fully saturated rings. The second kappa shape index (κ2) is 3.75. The molecule has 5 nitrogen and oxygen atoms in total. The predicted octanol–water partition coefficient (Wildman–Crippen LogP) is 1.77. The Labute approximate surface area is 93.4 Å². The van der Waals surface area contributed by atoms with Crippen LogP contribution in [0.3, 0.4) is 0 Å². The van der Waals surface area contributed by atoms with Gasteiger partial charge in [0.25, 0.3) is 0 Å². The Morgan fingerprint density at radius 1 is 1.56 bits per heavy atom. The Kier molecular flexibility index (Phi) is 2.55. The lowest BCUT2D eigenvalue weighted by atomic mass is 10.2. The number of nitro benzene ring substituents is 1. The SMILES string of the molecule is Cc1ccc([N+](=O)[O-])c(OCC2(N)CC2)c1. The Morgan fingerprint density at radius 2 is 2.25 bits per heavy atom. The standard InChI is InChI=1S/C11H14N2O3/c1-8-2-3-9(13(14)15)10(6-8)16-7-11(12)4-5-11/h2-3,6H,4-5,7,12H2,1H3. The van der Waals surface area contributed by atoms with Gasteiger partial charge in [-0.1, -0.05) is 6.07 Å². The van der Waals surface area contributed by atoms with E-state index in [0.717, 1.165) is 18.4 Å². The van der Waals surface area contributed by atoms with Crippen molar-refractivity contribution in [2.24, 2.45) is 5.73 Å². The third-order valence-electron chi connectivity index (χ3n) is 2.72. The van der Waals surface area contributed by atoms with Gasteiger partial charge in [-0.25, -0.2) is 0 Å². The van der Waals surface area contributed by atoms with Crippen LogP contribution in [0.4, 0.5) is 5.69 Å². The van der Waals surface area contributed by atoms with Gasteiger partial charge in [0.2, 0.25) is 0 Å². The van der Waals surface area contributed by atoms with Gasteiger partial charge in [0, 0.05) is 6.07 Å². The van der Waals surface area contributed by atoms with E-state index in [1.54, 1.807) is 12.1 Å². The van der Waals surface area contributed by atoms with Crippen molar-refractivity contribution in [3.63, 3.8) is 0 Å². The molecular weight excluding hydrogens is 208 g/mol. The van der Waals surface area contributed by atoms with Gasteiger partial charge in [-0.3, -0.25) is 10.1 Å². The Hall–Kier alpha value is -1.62. The number of benzene rings is 1. The second-order valence-electron chi connectivity index (χ2n) is 4.38. The maximum Gasteiger partial charge on any atom is 0.310 e. The van der Waals surface area contributed by atoms with Crippen LogP contribution in [-0.2, 0) is 0 Å². The maximum atomic E-state index is 10.8. The van der Waals surface area contributed by atoms with Crippen LogP contribution in [0.15, 0.2) is 18.2 Å². The van der Waals surface area contributed by atoms with Crippen LogP contribution >= 0.6 is 0 Å². The van der Waals surface area contributed by atoms with Crippen LogP contribution < -0.4 is 10.5 Å². The first-order valence-electron chi connectivity index (χ1n) is 5.17. The summed E-state index contributed by atoms with van der Waals surface area (Å²) in [6, 6.07) is 4.82. The first kappa shape index (κ1) is 10.9. The molecular formula is C11H14N2O3. The Balaban J connectivity index is 2.16. The van der Waals surface area contributed by atoms with Gasteiger partial charge in [-0.2, -0.15) is 0 Å². The van der Waals surface area contributed by atoms with Crippen molar-refractivity contribution >= 4 is 5.69 Å². The molecule has 2 N–H and O–H groups in total. The van der Waals surface area contributed by atoms with E-state index in [2.05, 4.69) is 0 Å². The minimum Gasteiger partial charge on any atom is -0.485 e. The first-order valence-corrected chi connectivity index (χ1v) is 5.17. The summed E-state index contributed by atoms with van der Waals surface area (Å²) in [7, 11) is 0. The smallest absolute Gasteiger partial charge is 0.310 e. The third kappa shape index (κ3) is 2.30. The normalized spacial score (nSPS) is 16.9. The summed E-state index contributed by atoms with van der Waals surface area (Å²) in [5, 5.41) is 10.8. The summed E-state index contributed by atoms with van der Waals surface area (Å²) in [4.78, 5) is 10.3. The van der Waals surface area contributed by atoms with Gasteiger partial charge in [-0.05, 0) is 31.4 Å². The molecule has 0 bridgehead atoms. The lowest BCUT2D eigenvalue weighted by Gasteiger charge is -2.11. The molecule has 1 aliphatic rings. The van der Waals surface area contributed by atoms with Gasteiger partial charge in [0.15, 0.2) is 5.75 Å². The number of hydrogen-bond donors (Lipinski definition) is 1. The van der Waals surface area contributed by atoms with Crippen molar-refractivity contribution in [2.75, 3.05) is 6.61 Å². The molecule has 5 heteroatoms. The quantitative estimate of drug-likeness (QED) is 0.622. The lowest BCUT2D eigenvalue weighted by molar-refractivity contribution is -0.385. The summed E-state index contributed by atoms with van der Waals surface area (Å²) < 4.78 is 5.44. The van der Waals surface area contributed by atoms with Gasteiger partial charge >= 0.3 is 5.69 Å². The van der Waals surface area contributed by atoms with E-state index < -0.39 is 4.92 Å². The summed E-state index contributed by atoms with van der Waals surface area (Å²) in [6.45, 7) is 2.21. The number of rotatable bonds is 4. The number of nitro groups is 1. The highest BCUT2D eigenvalue weighted by molar-refractivity contribution is 5.48. The molecule has 0 radical (unpaired) electrons. The van der Waals surface area contributed by atoms with Crippen molar-refractivity contribution in [3.8, 4) is 5.75 Å². The zero-order valence-electron chi connectivity index (χ0n) is 9.10. The molecule has 1 saturated carbocycles. The third-order valence-corrected chi connectivity index (χ3v) is 2.72. The van der Waals surface area contributed by atoms with E-state index in [4.69, 9.17) is 10.5 Å². The fourth-order valence-electron chi connectivity index (χ4n) is 1.41. The van der Waals surface area contributed by atoms with Crippen molar-refractivity contribution in [1.29, 1.82) is 0 Å². The highest BCUT2D eigenvalue weighted by atomic mass is 16.6. The van der Waals surface area contributed by atoms with E-state index >= 15 is 0 Å². The number of nitrogens with zero attached hydrogens (tertiary/aromatic N) is 1. The molecule has 0 aliphatic heterocycles. The highest BCUT2D eigenvalue weighted by Gasteiger charge is 2.39. The minimum absolute atomic E-state index is 0.00477. The number of aryl methyl sites for hydroxylation is 1. The average molecular weight is 222 g/mol. The summed E-state index contributed by atoms with van der Waals surface area (Å²) >= 11 is 0. The van der Waals surface area contributed by atoms with Crippen LogP contribution in [0.25, 0.3) is 0 Å². The molecule has 0 saturated heterocycles. The zero-order valence-corrected chi connectivity index (χ0v) is 9.10. The average Bonchev–Trinajstić information content (AvgIpc) is 2.94. The van der Waals surface area contributed by atoms with Crippen molar-refractivity contribution in [1.82, 2.24) is 0 Å². The van der Waals surface area contributed by atoms with Gasteiger partial charge in [-0.15, -0.1) is 0 Å². The number of ether oxygens (including phenoxy) is 1. The van der Waals surface area contributed by atoms with Crippen LogP contribution in [0, 0.1) is 17.0 Å². The van der Waals surface area contributed by atoms with Crippen molar-refractivity contribution < 1.29 is 9.66 Å². The molecule has 0 heterocycles. The molecule has 16 heavy (non-hydrogen) atoms. The fraction of sp³-hybridized carbons (Fsp3) is 0.455. The van der Waals surface area contributed by atoms with Crippen LogP contribution in [0.2, 0.25) is 0 Å². The van der Waals surface area contributed by atoms with Crippen molar-refractivity contribution in [2.45, 2.75) is 25.3 Å². The van der Waals surface area contributed by atoms with E-state index in [1.165, 1.54) is 6.07 Å². The molecule has 0 aromatic heterocycles. The maximum absolute atomic E-state index is 10.8. The van der Waals surface area contributed by atoms with Crippen LogP contribution in [0.1, 0.15) is 18.4 Å². The highest BCUT2D eigenvalue weighted by Crippen LogP contribution is 2.35. The van der Waals surface area contributed by atoms with Crippen molar-refractivity contribution in [3.05, 3.63) is 33.9 Å². The molecule has 86 valence electrons. The lowest BCUT2D eigenvalue weighted by Crippen LogP contribution is -2.29. The molecule has 0 amide bonds. The van der Waals surface area contributed by atoms with E-state index in [9.17, 15) is 10.1 Å². The Morgan fingerprint density at radius 3 is 2.81 bits per heavy atom. The summed E-state index contributed by atoms with van der Waals surface area (Å²) in [5.74, 6) is 0.307. The Bertz CT molecular complexity index is 427. The number of hydrogen-bond acceptors (Lipinski definition) is 4. The monoisotopic (exact) mass is 222 g/mol. The number of nitrogens with two attached hydrogens (primary N) is 1. The largest absolute Gasteiger partial charge is 0.485 e. The fourth-order valence-corrected chi connectivity index (χ4v) is 1.41. The van der Waals surface area contributed by atoms with Crippen LogP contribution in [-0.4, -0.2) is 17.1 Å². The minimum atomic E-state index is -0.440. The van der Waals surface area contributed by atoms with E-state index in [-0.39, 0.29) is 11.2 Å². The van der Waals surface area contributed by atoms with E-state index in [1.807, 2.05) is 6.92 Å². The predicted molar refractivity (Wildman–Crippen MR) is 59.5 cm³/mol. The zero-order chi connectivity index (χ0) is 11.8. The molecule has 0 spiro atoms. The molecule has 2 rings (SSSR count). The summed E-state index contributed by atoms with van der Waals surface area (Å²) in [6.07, 6.45) is 1.85. The van der Waals surface area contributed by atoms with Gasteiger partial charge in [0.1, 0.15) is 6.61 Å². The first-order chi connectivity index (χ1) is 7.50. The molecule has 1 aliphatic carbocycles. The molecule has 1 aromatic carbocycles.